The minimum absolute atomic E-state index is 0.127. The Labute approximate surface area is 104 Å². The lowest BCUT2D eigenvalue weighted by Gasteiger charge is -2.30. The highest BCUT2D eigenvalue weighted by atomic mass is 16.2. The molecule has 3 rings (SSSR count). The van der Waals surface area contributed by atoms with E-state index in [0.29, 0.717) is 18.1 Å². The Kier molecular flexibility index (Phi) is 2.69. The summed E-state index contributed by atoms with van der Waals surface area (Å²) >= 11 is 0. The molecule has 3 aliphatic rings. The van der Waals surface area contributed by atoms with Crippen molar-refractivity contribution in [3.8, 4) is 0 Å². The minimum atomic E-state index is -0.127. The molecule has 3 fully saturated rings. The van der Waals surface area contributed by atoms with Crippen molar-refractivity contribution in [2.24, 2.45) is 5.92 Å². The third kappa shape index (κ3) is 1.99. The summed E-state index contributed by atoms with van der Waals surface area (Å²) in [6.45, 7) is 4.44. The maximum Gasteiger partial charge on any atom is 0.244 e. The summed E-state index contributed by atoms with van der Waals surface area (Å²) in [7, 11) is 0. The van der Waals surface area contributed by atoms with Gasteiger partial charge in [0.2, 0.25) is 5.91 Å². The van der Waals surface area contributed by atoms with Gasteiger partial charge in [0.25, 0.3) is 0 Å². The largest absolute Gasteiger partial charge is 0.323 e. The Morgan fingerprint density at radius 1 is 1.47 bits per heavy atom. The Balaban J connectivity index is 1.71. The molecule has 1 amide bonds. The van der Waals surface area contributed by atoms with E-state index >= 15 is 0 Å². The van der Waals surface area contributed by atoms with Gasteiger partial charge in [-0.3, -0.25) is 10.1 Å². The van der Waals surface area contributed by atoms with Crippen LogP contribution in [-0.4, -0.2) is 28.6 Å². The van der Waals surface area contributed by atoms with Gasteiger partial charge in [0, 0.05) is 6.04 Å². The molecule has 0 radical (unpaired) electrons. The fourth-order valence-electron chi connectivity index (χ4n) is 3.26. The molecule has 1 spiro atoms. The highest BCUT2D eigenvalue weighted by Gasteiger charge is 2.59. The SMILES string of the molecule is CCCC1NC2(CC2)C(=O)N1C(C)CC1CC1. The molecule has 0 aromatic rings. The summed E-state index contributed by atoms with van der Waals surface area (Å²) < 4.78 is 0. The van der Waals surface area contributed by atoms with Gasteiger partial charge in [0.1, 0.15) is 0 Å². The van der Waals surface area contributed by atoms with Gasteiger partial charge >= 0.3 is 0 Å². The van der Waals surface area contributed by atoms with Crippen molar-refractivity contribution in [3.05, 3.63) is 0 Å². The first-order chi connectivity index (χ1) is 8.16. The molecular weight excluding hydrogens is 212 g/mol. The third-order valence-electron chi connectivity index (χ3n) is 4.58. The van der Waals surface area contributed by atoms with Gasteiger partial charge in [-0.25, -0.2) is 0 Å². The maximum absolute atomic E-state index is 12.5. The van der Waals surface area contributed by atoms with Crippen LogP contribution in [0.1, 0.15) is 58.8 Å². The van der Waals surface area contributed by atoms with Crippen molar-refractivity contribution in [1.29, 1.82) is 0 Å². The predicted molar refractivity (Wildman–Crippen MR) is 67.4 cm³/mol. The number of rotatable bonds is 5. The lowest BCUT2D eigenvalue weighted by Crippen LogP contribution is -2.43. The summed E-state index contributed by atoms with van der Waals surface area (Å²) in [5, 5.41) is 3.59. The van der Waals surface area contributed by atoms with Crippen LogP contribution in [0.15, 0.2) is 0 Å². The van der Waals surface area contributed by atoms with E-state index in [0.717, 1.165) is 31.6 Å². The van der Waals surface area contributed by atoms with E-state index in [4.69, 9.17) is 0 Å². The fraction of sp³-hybridized carbons (Fsp3) is 0.929. The molecule has 0 aromatic heterocycles. The van der Waals surface area contributed by atoms with Crippen LogP contribution < -0.4 is 5.32 Å². The second-order valence-electron chi connectivity index (χ2n) is 6.27. The second-order valence-corrected chi connectivity index (χ2v) is 6.27. The minimum Gasteiger partial charge on any atom is -0.323 e. The zero-order valence-corrected chi connectivity index (χ0v) is 11.0. The number of nitrogens with zero attached hydrogens (tertiary/aromatic N) is 1. The van der Waals surface area contributed by atoms with Crippen LogP contribution in [-0.2, 0) is 4.79 Å². The van der Waals surface area contributed by atoms with Gasteiger partial charge in [-0.1, -0.05) is 26.2 Å². The van der Waals surface area contributed by atoms with Crippen LogP contribution in [0, 0.1) is 5.92 Å². The van der Waals surface area contributed by atoms with E-state index in [1.807, 2.05) is 0 Å². The summed E-state index contributed by atoms with van der Waals surface area (Å²) in [4.78, 5) is 14.7. The first-order valence-corrected chi connectivity index (χ1v) is 7.27. The highest BCUT2D eigenvalue weighted by Crippen LogP contribution is 2.45. The van der Waals surface area contributed by atoms with Crippen LogP contribution in [0.3, 0.4) is 0 Å². The topological polar surface area (TPSA) is 32.3 Å². The van der Waals surface area contributed by atoms with E-state index < -0.39 is 0 Å². The van der Waals surface area contributed by atoms with Gasteiger partial charge < -0.3 is 4.90 Å². The number of amides is 1. The van der Waals surface area contributed by atoms with Gasteiger partial charge in [0.05, 0.1) is 11.7 Å². The fourth-order valence-corrected chi connectivity index (χ4v) is 3.26. The van der Waals surface area contributed by atoms with Gasteiger partial charge in [0.15, 0.2) is 0 Å². The normalized spacial score (nSPS) is 32.2. The number of nitrogens with one attached hydrogen (secondary N) is 1. The molecule has 1 N–H and O–H groups in total. The van der Waals surface area contributed by atoms with Crippen LogP contribution in [0.2, 0.25) is 0 Å². The zero-order chi connectivity index (χ0) is 12.0. The number of carbonyl (C=O) groups is 1. The van der Waals surface area contributed by atoms with E-state index in [1.54, 1.807) is 0 Å². The average Bonchev–Trinajstić information content (AvgIpc) is 3.14. The Hall–Kier alpha value is -0.570. The summed E-state index contributed by atoms with van der Waals surface area (Å²) in [6, 6.07) is 0.430. The molecule has 3 heteroatoms. The van der Waals surface area contributed by atoms with E-state index in [1.165, 1.54) is 19.3 Å². The molecule has 2 atom stereocenters. The van der Waals surface area contributed by atoms with Crippen LogP contribution in [0.5, 0.6) is 0 Å². The average molecular weight is 236 g/mol. The van der Waals surface area contributed by atoms with Crippen molar-refractivity contribution in [2.75, 3.05) is 0 Å². The molecular formula is C14H24N2O. The van der Waals surface area contributed by atoms with Crippen molar-refractivity contribution in [2.45, 2.75) is 76.5 Å². The van der Waals surface area contributed by atoms with Crippen molar-refractivity contribution >= 4 is 5.91 Å². The quantitative estimate of drug-likeness (QED) is 0.794. The number of hydrogen-bond acceptors (Lipinski definition) is 2. The smallest absolute Gasteiger partial charge is 0.244 e. The van der Waals surface area contributed by atoms with Gasteiger partial charge in [-0.05, 0) is 38.5 Å². The van der Waals surface area contributed by atoms with E-state index in [-0.39, 0.29) is 5.54 Å². The lowest BCUT2D eigenvalue weighted by atomic mass is 10.1. The summed E-state index contributed by atoms with van der Waals surface area (Å²) in [5.41, 5.74) is -0.127. The Morgan fingerprint density at radius 3 is 2.71 bits per heavy atom. The molecule has 1 aliphatic heterocycles. The highest BCUT2D eigenvalue weighted by molar-refractivity contribution is 5.92. The molecule has 2 aliphatic carbocycles. The Morgan fingerprint density at radius 2 is 2.18 bits per heavy atom. The summed E-state index contributed by atoms with van der Waals surface area (Å²) in [5.74, 6) is 1.29. The number of carbonyl (C=O) groups excluding carboxylic acids is 1. The van der Waals surface area contributed by atoms with Crippen LogP contribution >= 0.6 is 0 Å². The molecule has 3 nitrogen and oxygen atoms in total. The first kappa shape index (κ1) is 11.5. The van der Waals surface area contributed by atoms with E-state index in [2.05, 4.69) is 24.1 Å². The van der Waals surface area contributed by atoms with Crippen molar-refractivity contribution < 1.29 is 4.79 Å². The molecule has 2 unspecified atom stereocenters. The number of hydrogen-bond donors (Lipinski definition) is 1. The third-order valence-corrected chi connectivity index (χ3v) is 4.58. The molecule has 0 bridgehead atoms. The maximum atomic E-state index is 12.5. The zero-order valence-electron chi connectivity index (χ0n) is 11.0. The molecule has 0 aromatic carbocycles. The monoisotopic (exact) mass is 236 g/mol. The van der Waals surface area contributed by atoms with Gasteiger partial charge in [-0.2, -0.15) is 0 Å². The molecule has 1 saturated heterocycles. The lowest BCUT2D eigenvalue weighted by molar-refractivity contribution is -0.133. The molecule has 2 saturated carbocycles. The summed E-state index contributed by atoms with van der Waals surface area (Å²) in [6.07, 6.45) is 8.63. The van der Waals surface area contributed by atoms with Crippen LogP contribution in [0.25, 0.3) is 0 Å². The molecule has 17 heavy (non-hydrogen) atoms. The molecule has 96 valence electrons. The standard InChI is InChI=1S/C14H24N2O/c1-3-4-12-15-14(7-8-14)13(17)16(12)10(2)9-11-5-6-11/h10-12,15H,3-9H2,1-2H3. The van der Waals surface area contributed by atoms with Crippen molar-refractivity contribution in [3.63, 3.8) is 0 Å². The van der Waals surface area contributed by atoms with Crippen molar-refractivity contribution in [1.82, 2.24) is 10.2 Å². The first-order valence-electron chi connectivity index (χ1n) is 7.27. The Bertz CT molecular complexity index is 320. The van der Waals surface area contributed by atoms with Gasteiger partial charge in [-0.15, -0.1) is 0 Å². The molecule has 1 heterocycles. The van der Waals surface area contributed by atoms with Crippen LogP contribution in [0.4, 0.5) is 0 Å². The second kappa shape index (κ2) is 3.98. The predicted octanol–water partition coefficient (Wildman–Crippen LogP) is 2.27. The van der Waals surface area contributed by atoms with E-state index in [9.17, 15) is 4.79 Å².